The maximum Gasteiger partial charge on any atom is 0.252 e. The molecule has 0 spiro atoms. The van der Waals surface area contributed by atoms with Crippen LogP contribution >= 0.6 is 0 Å². The van der Waals surface area contributed by atoms with Crippen LogP contribution in [0.2, 0.25) is 0 Å². The predicted molar refractivity (Wildman–Crippen MR) is 76.8 cm³/mol. The van der Waals surface area contributed by atoms with Gasteiger partial charge in [0.15, 0.2) is 0 Å². The first-order valence-electron chi connectivity index (χ1n) is 6.82. The van der Waals surface area contributed by atoms with Crippen molar-refractivity contribution in [2.45, 2.75) is 32.7 Å². The minimum atomic E-state index is -0.496. The van der Waals surface area contributed by atoms with Crippen LogP contribution in [0.1, 0.15) is 25.3 Å². The van der Waals surface area contributed by atoms with Crippen LogP contribution in [0.4, 0.5) is 5.69 Å². The summed E-state index contributed by atoms with van der Waals surface area (Å²) in [4.78, 5) is 25.4. The fourth-order valence-corrected chi connectivity index (χ4v) is 2.38. The molecule has 1 aromatic rings. The molecule has 1 saturated heterocycles. The Bertz CT molecular complexity index is 528. The molecule has 1 aliphatic rings. The summed E-state index contributed by atoms with van der Waals surface area (Å²) in [6, 6.07) is 5.21. The quantitative estimate of drug-likeness (QED) is 0.835. The molecule has 1 atom stereocenters. The third kappa shape index (κ3) is 2.76. The van der Waals surface area contributed by atoms with Crippen LogP contribution in [0.25, 0.3) is 0 Å². The Morgan fingerprint density at radius 3 is 2.80 bits per heavy atom. The fourth-order valence-electron chi connectivity index (χ4n) is 2.38. The molecule has 2 rings (SSSR count). The van der Waals surface area contributed by atoms with Gasteiger partial charge in [-0.25, -0.2) is 0 Å². The number of carbonyl (C=O) groups is 2. The molecular weight excluding hydrogens is 256 g/mol. The minimum absolute atomic E-state index is 0.110. The summed E-state index contributed by atoms with van der Waals surface area (Å²) in [5, 5.41) is 3.13. The van der Waals surface area contributed by atoms with Crippen LogP contribution in [0.5, 0.6) is 5.75 Å². The topological polar surface area (TPSA) is 58.6 Å². The molecule has 1 fully saturated rings. The molecule has 1 heterocycles. The van der Waals surface area contributed by atoms with E-state index >= 15 is 0 Å². The van der Waals surface area contributed by atoms with E-state index in [4.69, 9.17) is 4.74 Å². The fraction of sp³-hybridized carbons (Fsp3) is 0.467. The Kier molecular flexibility index (Phi) is 4.27. The largest absolute Gasteiger partial charge is 0.495 e. The second-order valence-electron chi connectivity index (χ2n) is 4.99. The van der Waals surface area contributed by atoms with E-state index in [9.17, 15) is 9.59 Å². The Labute approximate surface area is 118 Å². The van der Waals surface area contributed by atoms with Crippen molar-refractivity contribution in [1.29, 1.82) is 0 Å². The van der Waals surface area contributed by atoms with Crippen LogP contribution in [0.3, 0.4) is 0 Å². The van der Waals surface area contributed by atoms with Gasteiger partial charge < -0.3 is 10.1 Å². The number of aryl methyl sites for hydroxylation is 1. The number of likely N-dealkylation sites (tertiary alicyclic amines) is 1. The summed E-state index contributed by atoms with van der Waals surface area (Å²) in [6.07, 6.45) is 0.980. The second kappa shape index (κ2) is 5.94. The molecule has 1 unspecified atom stereocenters. The molecule has 0 aliphatic carbocycles. The van der Waals surface area contributed by atoms with Crippen LogP contribution < -0.4 is 10.1 Å². The molecule has 108 valence electrons. The van der Waals surface area contributed by atoms with Gasteiger partial charge in [0.05, 0.1) is 19.2 Å². The van der Waals surface area contributed by atoms with E-state index in [1.807, 2.05) is 32.0 Å². The van der Waals surface area contributed by atoms with E-state index in [1.54, 1.807) is 7.11 Å². The van der Waals surface area contributed by atoms with Crippen LogP contribution in [-0.2, 0) is 9.59 Å². The average Bonchev–Trinajstić information content (AvgIpc) is 2.67. The number of carbonyl (C=O) groups excluding carboxylic acids is 2. The number of hydrogen-bond donors (Lipinski definition) is 1. The first-order chi connectivity index (χ1) is 9.56. The molecule has 1 aliphatic heterocycles. The van der Waals surface area contributed by atoms with Crippen molar-refractivity contribution in [2.75, 3.05) is 19.0 Å². The molecule has 0 radical (unpaired) electrons. The molecule has 5 nitrogen and oxygen atoms in total. The Morgan fingerprint density at radius 2 is 2.15 bits per heavy atom. The van der Waals surface area contributed by atoms with Crippen molar-refractivity contribution in [1.82, 2.24) is 4.90 Å². The molecule has 0 saturated carbocycles. The Hall–Kier alpha value is -2.04. The smallest absolute Gasteiger partial charge is 0.252 e. The van der Waals surface area contributed by atoms with Crippen molar-refractivity contribution in [3.05, 3.63) is 23.8 Å². The molecule has 2 amide bonds. The third-order valence-electron chi connectivity index (χ3n) is 3.38. The highest BCUT2D eigenvalue weighted by Gasteiger charge is 2.38. The van der Waals surface area contributed by atoms with Crippen molar-refractivity contribution < 1.29 is 14.3 Å². The highest BCUT2D eigenvalue weighted by molar-refractivity contribution is 6.06. The van der Waals surface area contributed by atoms with Crippen molar-refractivity contribution in [2.24, 2.45) is 0 Å². The number of amides is 2. The lowest BCUT2D eigenvalue weighted by molar-refractivity contribution is -0.138. The van der Waals surface area contributed by atoms with Gasteiger partial charge >= 0.3 is 0 Å². The molecule has 0 aromatic heterocycles. The minimum Gasteiger partial charge on any atom is -0.495 e. The zero-order valence-electron chi connectivity index (χ0n) is 12.1. The van der Waals surface area contributed by atoms with Crippen LogP contribution in [0.15, 0.2) is 18.2 Å². The highest BCUT2D eigenvalue weighted by Crippen LogP contribution is 2.28. The Morgan fingerprint density at radius 1 is 1.40 bits per heavy atom. The molecule has 1 N–H and O–H groups in total. The normalized spacial score (nSPS) is 18.6. The lowest BCUT2D eigenvalue weighted by atomic mass is 10.1. The van der Waals surface area contributed by atoms with Gasteiger partial charge in [-0.1, -0.05) is 13.0 Å². The number of benzene rings is 1. The molecule has 5 heteroatoms. The van der Waals surface area contributed by atoms with E-state index < -0.39 is 6.04 Å². The predicted octanol–water partition coefficient (Wildman–Crippen LogP) is 1.95. The van der Waals surface area contributed by atoms with Gasteiger partial charge in [-0.3, -0.25) is 14.5 Å². The van der Waals surface area contributed by atoms with Crippen molar-refractivity contribution in [3.63, 3.8) is 0 Å². The Balaban J connectivity index is 2.17. The van der Waals surface area contributed by atoms with E-state index in [-0.39, 0.29) is 18.2 Å². The maximum absolute atomic E-state index is 12.2. The zero-order valence-corrected chi connectivity index (χ0v) is 12.1. The number of methoxy groups -OCH3 is 1. The molecule has 1 aromatic carbocycles. The first kappa shape index (κ1) is 14.4. The number of nitrogens with one attached hydrogen (secondary N) is 1. The van der Waals surface area contributed by atoms with Gasteiger partial charge in [-0.05, 0) is 31.0 Å². The SMILES string of the molecule is CCCN1C(=O)CC(Nc2cc(C)ccc2OC)C1=O. The van der Waals surface area contributed by atoms with Gasteiger partial charge in [-0.2, -0.15) is 0 Å². The van der Waals surface area contributed by atoms with Gasteiger partial charge in [0, 0.05) is 6.54 Å². The summed E-state index contributed by atoms with van der Waals surface area (Å²) in [5.41, 5.74) is 1.81. The first-order valence-corrected chi connectivity index (χ1v) is 6.82. The second-order valence-corrected chi connectivity index (χ2v) is 4.99. The van der Waals surface area contributed by atoms with Gasteiger partial charge in [0.1, 0.15) is 11.8 Å². The summed E-state index contributed by atoms with van der Waals surface area (Å²) in [6.45, 7) is 4.40. The summed E-state index contributed by atoms with van der Waals surface area (Å²) >= 11 is 0. The standard InChI is InChI=1S/C15H20N2O3/c1-4-7-17-14(18)9-12(15(17)19)16-11-8-10(2)5-6-13(11)20-3/h5-6,8,12,16H,4,7,9H2,1-3H3. The van der Waals surface area contributed by atoms with E-state index in [0.29, 0.717) is 12.3 Å². The van der Waals surface area contributed by atoms with Gasteiger partial charge in [-0.15, -0.1) is 0 Å². The molecular formula is C15H20N2O3. The number of imide groups is 1. The van der Waals surface area contributed by atoms with Gasteiger partial charge in [0.2, 0.25) is 5.91 Å². The van der Waals surface area contributed by atoms with Crippen LogP contribution in [0, 0.1) is 6.92 Å². The number of hydrogen-bond acceptors (Lipinski definition) is 4. The molecule has 0 bridgehead atoms. The monoisotopic (exact) mass is 276 g/mol. The van der Waals surface area contributed by atoms with Gasteiger partial charge in [0.25, 0.3) is 5.91 Å². The summed E-state index contributed by atoms with van der Waals surface area (Å²) in [5.74, 6) is 0.408. The van der Waals surface area contributed by atoms with Crippen LogP contribution in [-0.4, -0.2) is 36.4 Å². The van der Waals surface area contributed by atoms with Crippen molar-refractivity contribution >= 4 is 17.5 Å². The van der Waals surface area contributed by atoms with E-state index in [2.05, 4.69) is 5.32 Å². The lowest BCUT2D eigenvalue weighted by Crippen LogP contribution is -2.35. The summed E-state index contributed by atoms with van der Waals surface area (Å²) in [7, 11) is 1.58. The zero-order chi connectivity index (χ0) is 14.7. The van der Waals surface area contributed by atoms with E-state index in [1.165, 1.54) is 4.90 Å². The lowest BCUT2D eigenvalue weighted by Gasteiger charge is -2.17. The number of nitrogens with zero attached hydrogens (tertiary/aromatic N) is 1. The number of ether oxygens (including phenoxy) is 1. The van der Waals surface area contributed by atoms with E-state index in [0.717, 1.165) is 17.7 Å². The van der Waals surface area contributed by atoms with Crippen molar-refractivity contribution in [3.8, 4) is 5.75 Å². The maximum atomic E-state index is 12.2. The number of anilines is 1. The third-order valence-corrected chi connectivity index (χ3v) is 3.38. The molecule has 20 heavy (non-hydrogen) atoms. The number of rotatable bonds is 5. The summed E-state index contributed by atoms with van der Waals surface area (Å²) < 4.78 is 5.27. The highest BCUT2D eigenvalue weighted by atomic mass is 16.5. The average molecular weight is 276 g/mol.